The summed E-state index contributed by atoms with van der Waals surface area (Å²) in [5.41, 5.74) is -5.03. The number of aliphatic hydroxyl groups excluding tert-OH is 31. The van der Waals surface area contributed by atoms with Crippen molar-refractivity contribution in [3.8, 4) is 0 Å². The van der Waals surface area contributed by atoms with Gasteiger partial charge in [-0.3, -0.25) is 9.59 Å². The fourth-order valence-corrected chi connectivity index (χ4v) is 28.4. The van der Waals surface area contributed by atoms with Crippen LogP contribution in [0.2, 0.25) is 0 Å². The number of hydrogen-bond donors (Lipinski definition) is 31. The molecule has 0 aromatic heterocycles. The summed E-state index contributed by atoms with van der Waals surface area (Å²) in [5.74, 6) is -1.87. The zero-order valence-corrected chi connectivity index (χ0v) is 80.8. The number of fused-ring (bicyclic) bond motifs is 6. The highest BCUT2D eigenvalue weighted by Gasteiger charge is 2.74. The quantitative estimate of drug-likeness (QED) is 0.0206. The first-order valence-corrected chi connectivity index (χ1v) is 50.3. The number of carbonyl (C=O) groups is 2. The molecule has 57 atom stereocenters. The molecule has 17 aliphatic rings. The molecule has 0 aromatic rings. The van der Waals surface area contributed by atoms with E-state index in [9.17, 15) is 168 Å². The van der Waals surface area contributed by atoms with E-state index < -0.39 is 391 Å². The molecule has 51 nitrogen and oxygen atoms in total. The van der Waals surface area contributed by atoms with Crippen LogP contribution in [0.3, 0.4) is 0 Å². The molecule has 0 aromatic carbocycles. The van der Waals surface area contributed by atoms with Gasteiger partial charge in [-0.05, 0) is 173 Å². The number of aliphatic hydroxyl groups is 31. The minimum Gasteiger partial charge on any atom is -0.432 e. The molecule has 832 valence electrons. The van der Waals surface area contributed by atoms with Gasteiger partial charge in [-0.2, -0.15) is 0 Å². The number of rotatable bonds is 27. The fraction of sp³-hybridized carbons (Fsp3) is 0.936. The molecule has 2 spiro atoms. The zero-order chi connectivity index (χ0) is 105. The average Bonchev–Trinajstić information content (AvgIpc) is 1.63. The lowest BCUT2D eigenvalue weighted by Gasteiger charge is -2.64. The molecule has 0 amide bonds. The third kappa shape index (κ3) is 20.2. The van der Waals surface area contributed by atoms with E-state index in [0.717, 1.165) is 6.42 Å². The smallest absolute Gasteiger partial charge is 0.314 e. The van der Waals surface area contributed by atoms with E-state index in [0.29, 0.717) is 120 Å². The lowest BCUT2D eigenvalue weighted by atomic mass is 9.41. The molecule has 4 bridgehead atoms. The van der Waals surface area contributed by atoms with Gasteiger partial charge >= 0.3 is 11.9 Å². The average molecular weight is 2100 g/mol. The lowest BCUT2D eigenvalue weighted by Crippen LogP contribution is -2.68. The van der Waals surface area contributed by atoms with Crippen LogP contribution in [0.5, 0.6) is 0 Å². The van der Waals surface area contributed by atoms with E-state index in [4.69, 9.17) is 85.3 Å². The summed E-state index contributed by atoms with van der Waals surface area (Å²) in [4.78, 5) is 29.0. The Morgan fingerprint density at radius 2 is 0.517 bits per heavy atom. The Labute approximate surface area is 832 Å². The molecular formula is C94H150O51. The molecule has 9 aliphatic heterocycles. The second-order valence-corrected chi connectivity index (χ2v) is 44.5. The summed E-state index contributed by atoms with van der Waals surface area (Å²) in [5, 5.41) is 328. The largest absolute Gasteiger partial charge is 0.432 e. The van der Waals surface area contributed by atoms with Gasteiger partial charge in [-0.25, -0.2) is 0 Å². The van der Waals surface area contributed by atoms with Crippen molar-refractivity contribution in [2.24, 2.45) is 56.2 Å². The molecule has 31 N–H and O–H groups in total. The first kappa shape index (κ1) is 114. The molecule has 9 heterocycles. The van der Waals surface area contributed by atoms with Crippen LogP contribution in [0.4, 0.5) is 0 Å². The van der Waals surface area contributed by atoms with Crippen LogP contribution in [0.15, 0.2) is 24.3 Å². The van der Waals surface area contributed by atoms with Crippen molar-refractivity contribution < 1.29 is 253 Å². The summed E-state index contributed by atoms with van der Waals surface area (Å²) in [6, 6.07) is 0. The second-order valence-electron chi connectivity index (χ2n) is 44.5. The SMILES string of the molecule is C=C1C[C@@]23CCC4[C@](C)(C(=O)OC5OC(CO)C(O)C(O)C5O)CCC[C@@]4(C)[C@@H]2CCC1(OC1OC(CO)C(O)C(OC2OC(CO)C(O)C(O)C2O)C1OC1OC(CO)C(O)C(O)C1O)C3.C=C1C[C@@]23CCC4[C@](C)(C(=O)OC5OC(COC6OC(CO)C(O)C(O)C6O)C(O)C(O)C5O)CCC[C@@]4(C)[C@@H]2CCC1(OC1OC(CO)C(O)C(OC2OC(CO)C(O)C(O)C2O)C1OC1OC(CO)C(O)C(O)C1O)C3. The Morgan fingerprint density at radius 3 is 0.821 bits per heavy atom. The third-order valence-electron chi connectivity index (χ3n) is 36.3. The van der Waals surface area contributed by atoms with Gasteiger partial charge in [-0.1, -0.05) is 39.8 Å². The standard InChI is InChI=1S/C50H80O28.C44H70O23/c1-18-11-49-9-5-24-47(2,7-4-8-48(24,3)46(68)77-44-38(67)34(63)29(58)23(74-44)16-69-41-35(64)31(60)26(55)19(12-51)70-41)25(49)6-10-50(18,17-49)78-45-40(76-43-37(66)33(62)28(57)21(14-53)72-43)39(30(59)22(15-54)73-45)75-42-36(65)32(61)27(56)20(13-52)71-42;1-17-11-43-9-5-22-41(2,7-4-8-42(22,3)40(59)66-38-33(58)30(55)26(51)20(14-47)62-38)23(43)6-10-44(17,16-43)67-39-35(65-37-32(57)29(54)25(50)19(13-46)61-37)34(27(52)21(15-48)63-39)64-36-31(56)28(53)24(49)18(12-45)60-36/h19-45,51-67H,1,4-17H2,2-3H3;18-39,45-58H,1,4-16H2,2-3H3/t19?,20?,21?,22?,23?,24?,25-,26?,27?,28?,29?,30?,31?,32?,33?,34?,35?,36?,37?,38?,39?,40?,41?,42?,43?,44?,45?,47+,48+,49+,50?;18?,19?,20?,21?,22?,23-,24?,25?,26?,27?,28?,29?,30?,31?,32?,33?,34?,35?,36?,37?,38?,39?,41+,42+,43+,44?/m00/s1. The fourth-order valence-electron chi connectivity index (χ4n) is 28.4. The summed E-state index contributed by atoms with van der Waals surface area (Å²) in [7, 11) is 0. The molecule has 17 fully saturated rings. The van der Waals surface area contributed by atoms with Crippen molar-refractivity contribution in [3.05, 3.63) is 24.3 Å². The van der Waals surface area contributed by atoms with Crippen molar-refractivity contribution in [2.75, 3.05) is 59.5 Å². The molecular weight excluding hydrogens is 1940 g/mol. The highest BCUT2D eigenvalue weighted by atomic mass is 16.8. The normalized spacial score (nSPS) is 54.5. The minimum atomic E-state index is -1.99. The van der Waals surface area contributed by atoms with Crippen molar-refractivity contribution >= 4 is 11.9 Å². The van der Waals surface area contributed by atoms with Crippen molar-refractivity contribution in [1.29, 1.82) is 0 Å². The summed E-state index contributed by atoms with van der Waals surface area (Å²) in [6.45, 7) is 10.0. The minimum absolute atomic E-state index is 0.0251. The van der Waals surface area contributed by atoms with E-state index in [-0.39, 0.29) is 23.7 Å². The number of hydrogen-bond acceptors (Lipinski definition) is 51. The van der Waals surface area contributed by atoms with Crippen molar-refractivity contribution in [2.45, 2.75) is 431 Å². The first-order valence-electron chi connectivity index (χ1n) is 50.3. The van der Waals surface area contributed by atoms with Crippen LogP contribution < -0.4 is 0 Å². The monoisotopic (exact) mass is 2090 g/mol. The van der Waals surface area contributed by atoms with E-state index in [1.807, 2.05) is 6.92 Å². The maximum Gasteiger partial charge on any atom is 0.314 e. The maximum absolute atomic E-state index is 14.7. The van der Waals surface area contributed by atoms with Gasteiger partial charge in [-0.15, -0.1) is 0 Å². The van der Waals surface area contributed by atoms with E-state index in [2.05, 4.69) is 27.0 Å². The first-order chi connectivity index (χ1) is 68.5. The highest BCUT2D eigenvalue weighted by molar-refractivity contribution is 5.78. The number of esters is 2. The Hall–Kier alpha value is -3.46. The Bertz CT molecular complexity index is 4360. The topological polar surface area (TPSA) is 827 Å². The van der Waals surface area contributed by atoms with Gasteiger partial charge in [0.05, 0.1) is 81.5 Å². The van der Waals surface area contributed by atoms with Crippen molar-refractivity contribution in [3.63, 3.8) is 0 Å². The van der Waals surface area contributed by atoms with E-state index in [1.54, 1.807) is 6.92 Å². The highest BCUT2D eigenvalue weighted by Crippen LogP contribution is 2.76. The number of ether oxygens (including phenoxy) is 18. The van der Waals surface area contributed by atoms with Gasteiger partial charge < -0.3 is 244 Å². The van der Waals surface area contributed by atoms with Gasteiger partial charge in [0.15, 0.2) is 44.0 Å². The zero-order valence-electron chi connectivity index (χ0n) is 80.8. The van der Waals surface area contributed by atoms with Crippen LogP contribution in [0, 0.1) is 56.2 Å². The van der Waals surface area contributed by atoms with E-state index >= 15 is 0 Å². The number of carbonyl (C=O) groups excluding carboxylic acids is 2. The van der Waals surface area contributed by atoms with Crippen LogP contribution in [0.1, 0.15) is 143 Å². The van der Waals surface area contributed by atoms with Gasteiger partial charge in [0.1, 0.15) is 220 Å². The Balaban J connectivity index is 0.000000210. The molecule has 17 rings (SSSR count). The molecule has 9 saturated heterocycles. The summed E-state index contributed by atoms with van der Waals surface area (Å²) in [6.07, 6.45) is -68.3. The predicted molar refractivity (Wildman–Crippen MR) is 471 cm³/mol. The second kappa shape index (κ2) is 44.3. The van der Waals surface area contributed by atoms with Gasteiger partial charge in [0, 0.05) is 0 Å². The molecule has 49 unspecified atom stereocenters. The Kier molecular flexibility index (Phi) is 34.9. The predicted octanol–water partition coefficient (Wildman–Crippen LogP) is -12.4. The molecule has 51 heteroatoms. The maximum atomic E-state index is 14.7. The van der Waals surface area contributed by atoms with Crippen molar-refractivity contribution in [1.82, 2.24) is 0 Å². The van der Waals surface area contributed by atoms with Crippen LogP contribution in [0.25, 0.3) is 0 Å². The van der Waals surface area contributed by atoms with Gasteiger partial charge in [0.25, 0.3) is 0 Å². The lowest BCUT2D eigenvalue weighted by molar-refractivity contribution is -0.400. The summed E-state index contributed by atoms with van der Waals surface area (Å²) < 4.78 is 108. The molecule has 8 saturated carbocycles. The van der Waals surface area contributed by atoms with Gasteiger partial charge in [0.2, 0.25) is 12.6 Å². The Morgan fingerprint density at radius 1 is 0.276 bits per heavy atom. The molecule has 0 radical (unpaired) electrons. The van der Waals surface area contributed by atoms with Crippen LogP contribution in [-0.2, 0) is 94.9 Å². The molecule has 145 heavy (non-hydrogen) atoms. The summed E-state index contributed by atoms with van der Waals surface area (Å²) >= 11 is 0. The van der Waals surface area contributed by atoms with E-state index in [1.165, 1.54) is 0 Å². The third-order valence-corrected chi connectivity index (χ3v) is 36.3. The van der Waals surface area contributed by atoms with Crippen LogP contribution >= 0.6 is 0 Å². The molecule has 8 aliphatic carbocycles. The van der Waals surface area contributed by atoms with Crippen LogP contribution in [-0.4, -0.2) is 517 Å².